The Morgan fingerprint density at radius 3 is 2.46 bits per heavy atom. The Balaban J connectivity index is 1.32. The Labute approximate surface area is 219 Å². The molecule has 1 saturated heterocycles. The van der Waals surface area contributed by atoms with E-state index in [1.165, 1.54) is 5.56 Å². The molecule has 1 aromatic heterocycles. The number of pyridine rings is 1. The normalized spacial score (nSPS) is 14.7. The van der Waals surface area contributed by atoms with Crippen LogP contribution in [0.5, 0.6) is 5.75 Å². The van der Waals surface area contributed by atoms with Crippen LogP contribution < -0.4 is 15.0 Å². The van der Waals surface area contributed by atoms with Gasteiger partial charge in [0, 0.05) is 38.9 Å². The standard InChI is InChI=1S/C30H36N4O3/c1-2-3-20-37-27-13-11-25(12-14-27)22-33-16-18-34(19-17-33)29-28(10-7-15-31-29)30(36)32-26(23-35)21-24-8-5-4-6-9-24/h4-15,23,26H,2-3,16-22H2,1H3,(H,32,36). The number of anilines is 1. The summed E-state index contributed by atoms with van der Waals surface area (Å²) in [6.45, 7) is 7.08. The number of aromatic nitrogens is 1. The van der Waals surface area contributed by atoms with Gasteiger partial charge in [0.15, 0.2) is 0 Å². The second-order valence-corrected chi connectivity index (χ2v) is 9.39. The Kier molecular flexibility index (Phi) is 9.66. The number of amides is 1. The molecule has 1 aliphatic rings. The quantitative estimate of drug-likeness (QED) is 0.298. The van der Waals surface area contributed by atoms with Crippen molar-refractivity contribution >= 4 is 18.0 Å². The van der Waals surface area contributed by atoms with Crippen molar-refractivity contribution in [1.82, 2.24) is 15.2 Å². The smallest absolute Gasteiger partial charge is 0.255 e. The van der Waals surface area contributed by atoms with Crippen LogP contribution in [0.25, 0.3) is 0 Å². The van der Waals surface area contributed by atoms with E-state index in [0.717, 1.165) is 69.8 Å². The van der Waals surface area contributed by atoms with Crippen LogP contribution in [0.15, 0.2) is 72.9 Å². The minimum absolute atomic E-state index is 0.278. The maximum Gasteiger partial charge on any atom is 0.255 e. The van der Waals surface area contributed by atoms with E-state index in [1.54, 1.807) is 18.3 Å². The summed E-state index contributed by atoms with van der Waals surface area (Å²) in [7, 11) is 0. The van der Waals surface area contributed by atoms with E-state index in [4.69, 9.17) is 4.74 Å². The Morgan fingerprint density at radius 2 is 1.76 bits per heavy atom. The summed E-state index contributed by atoms with van der Waals surface area (Å²) in [6.07, 6.45) is 5.16. The minimum Gasteiger partial charge on any atom is -0.494 e. The first-order chi connectivity index (χ1) is 18.2. The number of rotatable bonds is 12. The van der Waals surface area contributed by atoms with Crippen LogP contribution in [-0.4, -0.2) is 60.9 Å². The molecule has 37 heavy (non-hydrogen) atoms. The molecule has 4 rings (SSSR count). The molecule has 2 aromatic carbocycles. The van der Waals surface area contributed by atoms with Gasteiger partial charge in [-0.15, -0.1) is 0 Å². The average Bonchev–Trinajstić information content (AvgIpc) is 2.95. The highest BCUT2D eigenvalue weighted by atomic mass is 16.5. The van der Waals surface area contributed by atoms with Crippen molar-refractivity contribution in [2.75, 3.05) is 37.7 Å². The molecule has 2 heterocycles. The van der Waals surface area contributed by atoms with Crippen LogP contribution >= 0.6 is 0 Å². The monoisotopic (exact) mass is 500 g/mol. The SMILES string of the molecule is CCCCOc1ccc(CN2CCN(c3ncccc3C(=O)NC(C=O)Cc3ccccc3)CC2)cc1. The highest BCUT2D eigenvalue weighted by Crippen LogP contribution is 2.21. The second kappa shape index (κ2) is 13.6. The van der Waals surface area contributed by atoms with Crippen LogP contribution in [-0.2, 0) is 17.8 Å². The number of piperazine rings is 1. The van der Waals surface area contributed by atoms with E-state index in [1.807, 2.05) is 42.5 Å². The van der Waals surface area contributed by atoms with Gasteiger partial charge in [-0.2, -0.15) is 0 Å². The van der Waals surface area contributed by atoms with Gasteiger partial charge in [-0.05, 0) is 48.2 Å². The van der Waals surface area contributed by atoms with Crippen LogP contribution in [0.4, 0.5) is 5.82 Å². The molecular weight excluding hydrogens is 464 g/mol. The lowest BCUT2D eigenvalue weighted by Gasteiger charge is -2.36. The summed E-state index contributed by atoms with van der Waals surface area (Å²) in [5.41, 5.74) is 2.75. The highest BCUT2D eigenvalue weighted by molar-refractivity contribution is 6.00. The van der Waals surface area contributed by atoms with Crippen molar-refractivity contribution in [2.24, 2.45) is 0 Å². The third kappa shape index (κ3) is 7.64. The van der Waals surface area contributed by atoms with Crippen molar-refractivity contribution in [3.63, 3.8) is 0 Å². The Morgan fingerprint density at radius 1 is 1.00 bits per heavy atom. The molecule has 3 aromatic rings. The molecule has 0 saturated carbocycles. The van der Waals surface area contributed by atoms with Gasteiger partial charge in [-0.25, -0.2) is 4.98 Å². The van der Waals surface area contributed by atoms with Crippen LogP contribution in [0.2, 0.25) is 0 Å². The number of nitrogens with zero attached hydrogens (tertiary/aromatic N) is 3. The summed E-state index contributed by atoms with van der Waals surface area (Å²) < 4.78 is 5.77. The third-order valence-corrected chi connectivity index (χ3v) is 6.58. The van der Waals surface area contributed by atoms with E-state index >= 15 is 0 Å². The number of carbonyl (C=O) groups excluding carboxylic acids is 2. The molecule has 0 bridgehead atoms. The molecule has 1 unspecified atom stereocenters. The number of hydrogen-bond donors (Lipinski definition) is 1. The van der Waals surface area contributed by atoms with Crippen molar-refractivity contribution in [1.29, 1.82) is 0 Å². The van der Waals surface area contributed by atoms with Crippen molar-refractivity contribution in [3.8, 4) is 5.75 Å². The molecule has 0 spiro atoms. The van der Waals surface area contributed by atoms with Gasteiger partial charge in [0.2, 0.25) is 0 Å². The fourth-order valence-electron chi connectivity index (χ4n) is 4.47. The average molecular weight is 501 g/mol. The van der Waals surface area contributed by atoms with Crippen molar-refractivity contribution in [3.05, 3.63) is 89.6 Å². The van der Waals surface area contributed by atoms with Crippen molar-refractivity contribution in [2.45, 2.75) is 38.8 Å². The lowest BCUT2D eigenvalue weighted by atomic mass is 10.1. The molecule has 1 atom stereocenters. The zero-order chi connectivity index (χ0) is 25.9. The molecule has 1 aliphatic heterocycles. The van der Waals surface area contributed by atoms with Gasteiger partial charge in [-0.3, -0.25) is 9.69 Å². The van der Waals surface area contributed by atoms with Crippen molar-refractivity contribution < 1.29 is 14.3 Å². The number of hydrogen-bond acceptors (Lipinski definition) is 6. The number of ether oxygens (including phenoxy) is 1. The summed E-state index contributed by atoms with van der Waals surface area (Å²) in [5.74, 6) is 1.31. The van der Waals surface area contributed by atoms with Crippen LogP contribution in [0.3, 0.4) is 0 Å². The van der Waals surface area contributed by atoms with Gasteiger partial charge in [0.25, 0.3) is 5.91 Å². The topological polar surface area (TPSA) is 74.8 Å². The molecule has 0 radical (unpaired) electrons. The molecular formula is C30H36N4O3. The van der Waals surface area contributed by atoms with Crippen LogP contribution in [0.1, 0.15) is 41.3 Å². The second-order valence-electron chi connectivity index (χ2n) is 9.39. The Bertz CT molecular complexity index is 1130. The first-order valence-corrected chi connectivity index (χ1v) is 13.1. The Hall–Kier alpha value is -3.71. The van der Waals surface area contributed by atoms with E-state index < -0.39 is 6.04 Å². The lowest BCUT2D eigenvalue weighted by molar-refractivity contribution is -0.109. The van der Waals surface area contributed by atoms with E-state index in [9.17, 15) is 9.59 Å². The summed E-state index contributed by atoms with van der Waals surface area (Å²) in [5, 5.41) is 2.88. The molecule has 1 amide bonds. The zero-order valence-electron chi connectivity index (χ0n) is 21.5. The van der Waals surface area contributed by atoms with Gasteiger partial charge in [-0.1, -0.05) is 55.8 Å². The van der Waals surface area contributed by atoms with E-state index in [2.05, 4.69) is 39.2 Å². The molecule has 0 aliphatic carbocycles. The molecule has 7 nitrogen and oxygen atoms in total. The third-order valence-electron chi connectivity index (χ3n) is 6.58. The number of nitrogens with one attached hydrogen (secondary N) is 1. The summed E-state index contributed by atoms with van der Waals surface area (Å²) >= 11 is 0. The first-order valence-electron chi connectivity index (χ1n) is 13.1. The van der Waals surface area contributed by atoms with Crippen LogP contribution in [0, 0.1) is 0 Å². The predicted octanol–water partition coefficient (Wildman–Crippen LogP) is 4.12. The lowest BCUT2D eigenvalue weighted by Crippen LogP contribution is -2.47. The van der Waals surface area contributed by atoms with Gasteiger partial charge in [0.1, 0.15) is 17.9 Å². The minimum atomic E-state index is -0.594. The van der Waals surface area contributed by atoms with E-state index in [0.29, 0.717) is 17.8 Å². The van der Waals surface area contributed by atoms with Gasteiger partial charge < -0.3 is 19.7 Å². The van der Waals surface area contributed by atoms with Gasteiger partial charge in [0.05, 0.1) is 18.2 Å². The zero-order valence-corrected chi connectivity index (χ0v) is 21.5. The number of benzene rings is 2. The maximum absolute atomic E-state index is 13.1. The maximum atomic E-state index is 13.1. The molecule has 7 heteroatoms. The largest absolute Gasteiger partial charge is 0.494 e. The highest BCUT2D eigenvalue weighted by Gasteiger charge is 2.24. The first kappa shape index (κ1) is 26.4. The fourth-order valence-corrected chi connectivity index (χ4v) is 4.47. The van der Waals surface area contributed by atoms with Gasteiger partial charge >= 0.3 is 0 Å². The molecule has 194 valence electrons. The fraction of sp³-hybridized carbons (Fsp3) is 0.367. The number of unbranched alkanes of at least 4 members (excludes halogenated alkanes) is 1. The molecule has 1 N–H and O–H groups in total. The number of carbonyl (C=O) groups is 2. The molecule has 1 fully saturated rings. The van der Waals surface area contributed by atoms with E-state index in [-0.39, 0.29) is 5.91 Å². The summed E-state index contributed by atoms with van der Waals surface area (Å²) in [4.78, 5) is 33.9. The summed E-state index contributed by atoms with van der Waals surface area (Å²) in [6, 6.07) is 21.0. The number of aldehydes is 1. The predicted molar refractivity (Wildman–Crippen MR) is 146 cm³/mol.